The van der Waals surface area contributed by atoms with Gasteiger partial charge in [-0.1, -0.05) is 43.3 Å². The van der Waals surface area contributed by atoms with Gasteiger partial charge in [0.1, 0.15) is 12.4 Å². The average molecular weight is 280 g/mol. The Morgan fingerprint density at radius 1 is 1.24 bits per heavy atom. The van der Waals surface area contributed by atoms with E-state index in [1.165, 1.54) is 5.56 Å². The molecule has 0 bridgehead atoms. The molecule has 2 aromatic carbocycles. The smallest absolute Gasteiger partial charge is 0.203 e. The van der Waals surface area contributed by atoms with E-state index < -0.39 is 6.04 Å². The highest BCUT2D eigenvalue weighted by atomic mass is 16.5. The van der Waals surface area contributed by atoms with E-state index in [2.05, 4.69) is 12.1 Å². The van der Waals surface area contributed by atoms with Crippen LogP contribution in [0, 0.1) is 16.2 Å². The van der Waals surface area contributed by atoms with Gasteiger partial charge < -0.3 is 4.74 Å². The maximum Gasteiger partial charge on any atom is 0.203 e. The Hall–Kier alpha value is -2.67. The van der Waals surface area contributed by atoms with Gasteiger partial charge in [0.05, 0.1) is 6.07 Å². The Morgan fingerprint density at radius 3 is 2.76 bits per heavy atom. The van der Waals surface area contributed by atoms with Crippen molar-refractivity contribution in [3.8, 4) is 11.8 Å². The zero-order valence-electron chi connectivity index (χ0n) is 11.8. The fraction of sp³-hybridized carbons (Fsp3) is 0.235. The van der Waals surface area contributed by atoms with E-state index in [-0.39, 0.29) is 0 Å². The highest BCUT2D eigenvalue weighted by Crippen LogP contribution is 2.23. The highest BCUT2D eigenvalue weighted by molar-refractivity contribution is 5.34. The standard InChI is InChI=1S/C17H16N2O2/c1-2-13-6-5-8-15(10-13)21-12-14-7-3-4-9-16(14)17(11-18)19-20/h3-10,17H,2,12H2,1H3. The highest BCUT2D eigenvalue weighted by Gasteiger charge is 2.14. The number of nitrogens with zero attached hydrogens (tertiary/aromatic N) is 2. The number of nitroso groups, excluding NO2 is 1. The van der Waals surface area contributed by atoms with Gasteiger partial charge in [0.15, 0.2) is 0 Å². The monoisotopic (exact) mass is 280 g/mol. The van der Waals surface area contributed by atoms with Crippen LogP contribution in [0.3, 0.4) is 0 Å². The zero-order chi connectivity index (χ0) is 15.1. The summed E-state index contributed by atoms with van der Waals surface area (Å²) in [6.07, 6.45) is 0.944. The van der Waals surface area contributed by atoms with Gasteiger partial charge >= 0.3 is 0 Å². The SMILES string of the molecule is CCc1cccc(OCc2ccccc2C(C#N)N=O)c1. The summed E-state index contributed by atoms with van der Waals surface area (Å²) in [7, 11) is 0. The molecule has 0 N–H and O–H groups in total. The first-order chi connectivity index (χ1) is 10.3. The second kappa shape index (κ2) is 7.20. The maximum atomic E-state index is 10.7. The van der Waals surface area contributed by atoms with Gasteiger partial charge in [0.2, 0.25) is 6.04 Å². The first-order valence-electron chi connectivity index (χ1n) is 6.80. The zero-order valence-corrected chi connectivity index (χ0v) is 11.8. The number of benzene rings is 2. The largest absolute Gasteiger partial charge is 0.489 e. The van der Waals surface area contributed by atoms with Crippen molar-refractivity contribution >= 4 is 0 Å². The van der Waals surface area contributed by atoms with Gasteiger partial charge in [-0.2, -0.15) is 5.26 Å². The Morgan fingerprint density at radius 2 is 2.05 bits per heavy atom. The summed E-state index contributed by atoms with van der Waals surface area (Å²) in [5, 5.41) is 11.8. The minimum absolute atomic E-state index is 0.303. The van der Waals surface area contributed by atoms with Crippen molar-refractivity contribution in [2.75, 3.05) is 0 Å². The molecule has 1 atom stereocenters. The minimum Gasteiger partial charge on any atom is -0.489 e. The van der Waals surface area contributed by atoms with Crippen LogP contribution >= 0.6 is 0 Å². The van der Waals surface area contributed by atoms with Gasteiger partial charge in [-0.25, -0.2) is 0 Å². The lowest BCUT2D eigenvalue weighted by Gasteiger charge is -2.11. The van der Waals surface area contributed by atoms with Gasteiger partial charge in [-0.05, 0) is 34.9 Å². The van der Waals surface area contributed by atoms with E-state index in [0.717, 1.165) is 17.7 Å². The molecule has 0 saturated heterocycles. The van der Waals surface area contributed by atoms with Crippen LogP contribution < -0.4 is 4.74 Å². The topological polar surface area (TPSA) is 62.4 Å². The van der Waals surface area contributed by atoms with Crippen LogP contribution in [0.25, 0.3) is 0 Å². The Labute approximate surface area is 124 Å². The molecular weight excluding hydrogens is 264 g/mol. The van der Waals surface area contributed by atoms with E-state index in [9.17, 15) is 4.91 Å². The lowest BCUT2D eigenvalue weighted by Crippen LogP contribution is -2.02. The Balaban J connectivity index is 2.16. The molecule has 0 saturated carbocycles. The van der Waals surface area contributed by atoms with Crippen molar-refractivity contribution in [1.82, 2.24) is 0 Å². The summed E-state index contributed by atoms with van der Waals surface area (Å²) >= 11 is 0. The quantitative estimate of drug-likeness (QED) is 0.746. The Kier molecular flexibility index (Phi) is 5.05. The van der Waals surface area contributed by atoms with E-state index >= 15 is 0 Å². The maximum absolute atomic E-state index is 10.7. The van der Waals surface area contributed by atoms with Crippen molar-refractivity contribution in [2.24, 2.45) is 5.18 Å². The molecular formula is C17H16N2O2. The predicted octanol–water partition coefficient (Wildman–Crippen LogP) is 4.16. The number of aryl methyl sites for hydroxylation is 1. The predicted molar refractivity (Wildman–Crippen MR) is 80.7 cm³/mol. The summed E-state index contributed by atoms with van der Waals surface area (Å²) in [4.78, 5) is 10.7. The van der Waals surface area contributed by atoms with E-state index in [4.69, 9.17) is 10.00 Å². The summed E-state index contributed by atoms with van der Waals surface area (Å²) in [5.74, 6) is 0.775. The molecule has 1 unspecified atom stereocenters. The molecule has 0 radical (unpaired) electrons. The van der Waals surface area contributed by atoms with Crippen molar-refractivity contribution < 1.29 is 4.74 Å². The minimum atomic E-state index is -0.994. The number of ether oxygens (including phenoxy) is 1. The number of nitriles is 1. The number of hydrogen-bond donors (Lipinski definition) is 0. The average Bonchev–Trinajstić information content (AvgIpc) is 2.55. The first-order valence-corrected chi connectivity index (χ1v) is 6.80. The third-order valence-corrected chi connectivity index (χ3v) is 3.28. The molecule has 21 heavy (non-hydrogen) atoms. The van der Waals surface area contributed by atoms with E-state index in [1.807, 2.05) is 42.5 Å². The molecule has 0 heterocycles. The molecule has 106 valence electrons. The summed E-state index contributed by atoms with van der Waals surface area (Å²) in [6.45, 7) is 2.39. The Bertz CT molecular complexity index is 662. The number of rotatable bonds is 6. The molecule has 4 heteroatoms. The van der Waals surface area contributed by atoms with Crippen LogP contribution in [0.1, 0.15) is 29.7 Å². The third-order valence-electron chi connectivity index (χ3n) is 3.28. The van der Waals surface area contributed by atoms with Crippen LogP contribution in [-0.2, 0) is 13.0 Å². The summed E-state index contributed by atoms with van der Waals surface area (Å²) < 4.78 is 5.76. The van der Waals surface area contributed by atoms with Crippen molar-refractivity contribution in [3.63, 3.8) is 0 Å². The van der Waals surface area contributed by atoms with Gasteiger partial charge in [-0.15, -0.1) is 4.91 Å². The molecule has 2 rings (SSSR count). The van der Waals surface area contributed by atoms with Crippen molar-refractivity contribution in [1.29, 1.82) is 5.26 Å². The van der Waals surface area contributed by atoms with Crippen LogP contribution in [0.2, 0.25) is 0 Å². The molecule has 2 aromatic rings. The van der Waals surface area contributed by atoms with Crippen LogP contribution in [0.4, 0.5) is 0 Å². The molecule has 0 spiro atoms. The first kappa shape index (κ1) is 14.7. The molecule has 0 amide bonds. The second-order valence-corrected chi connectivity index (χ2v) is 4.63. The van der Waals surface area contributed by atoms with Gasteiger partial charge in [0.25, 0.3) is 0 Å². The fourth-order valence-corrected chi connectivity index (χ4v) is 2.10. The van der Waals surface area contributed by atoms with Gasteiger partial charge in [-0.3, -0.25) is 0 Å². The number of hydrogen-bond acceptors (Lipinski definition) is 4. The third kappa shape index (κ3) is 3.67. The molecule has 0 aliphatic carbocycles. The summed E-state index contributed by atoms with van der Waals surface area (Å²) in [6, 6.07) is 16.0. The lowest BCUT2D eigenvalue weighted by atomic mass is 10.0. The van der Waals surface area contributed by atoms with Crippen LogP contribution in [0.5, 0.6) is 5.75 Å². The second-order valence-electron chi connectivity index (χ2n) is 4.63. The molecule has 0 aromatic heterocycles. The van der Waals surface area contributed by atoms with Crippen molar-refractivity contribution in [3.05, 3.63) is 70.1 Å². The fourth-order valence-electron chi connectivity index (χ4n) is 2.10. The van der Waals surface area contributed by atoms with Crippen LogP contribution in [0.15, 0.2) is 53.7 Å². The van der Waals surface area contributed by atoms with Crippen LogP contribution in [-0.4, -0.2) is 0 Å². The normalized spacial score (nSPS) is 11.4. The van der Waals surface area contributed by atoms with E-state index in [0.29, 0.717) is 12.2 Å². The molecule has 4 nitrogen and oxygen atoms in total. The molecule has 0 aliphatic heterocycles. The molecule has 0 aliphatic rings. The molecule has 0 fully saturated rings. The van der Waals surface area contributed by atoms with Gasteiger partial charge in [0, 0.05) is 5.56 Å². The lowest BCUT2D eigenvalue weighted by molar-refractivity contribution is 0.304. The van der Waals surface area contributed by atoms with E-state index in [1.54, 1.807) is 12.1 Å². The summed E-state index contributed by atoms with van der Waals surface area (Å²) in [5.41, 5.74) is 2.59. The van der Waals surface area contributed by atoms with Crippen molar-refractivity contribution in [2.45, 2.75) is 26.0 Å².